The number of nitrogens with zero attached hydrogens (tertiary/aromatic N) is 2. The second kappa shape index (κ2) is 12.0. The summed E-state index contributed by atoms with van der Waals surface area (Å²) >= 11 is 7.19. The van der Waals surface area contributed by atoms with Crippen molar-refractivity contribution in [1.82, 2.24) is 4.98 Å². The lowest BCUT2D eigenvalue weighted by atomic mass is 10.2. The van der Waals surface area contributed by atoms with Gasteiger partial charge in [0, 0.05) is 10.4 Å². The van der Waals surface area contributed by atoms with Crippen molar-refractivity contribution in [3.8, 4) is 11.5 Å². The van der Waals surface area contributed by atoms with Crippen molar-refractivity contribution in [2.24, 2.45) is 5.10 Å². The van der Waals surface area contributed by atoms with Crippen LogP contribution in [-0.4, -0.2) is 36.4 Å². The molecule has 1 heterocycles. The van der Waals surface area contributed by atoms with Gasteiger partial charge in [-0.2, -0.15) is 5.10 Å². The van der Waals surface area contributed by atoms with Crippen molar-refractivity contribution in [1.29, 1.82) is 0 Å². The van der Waals surface area contributed by atoms with Crippen LogP contribution in [-0.2, 0) is 16.0 Å². The van der Waals surface area contributed by atoms with Crippen molar-refractivity contribution >= 4 is 46.2 Å². The fourth-order valence-corrected chi connectivity index (χ4v) is 3.45. The number of benzene rings is 2. The molecule has 0 aliphatic heterocycles. The summed E-state index contributed by atoms with van der Waals surface area (Å²) in [5.41, 5.74) is 4.54. The van der Waals surface area contributed by atoms with Gasteiger partial charge in [-0.15, -0.1) is 11.3 Å². The van der Waals surface area contributed by atoms with Crippen molar-refractivity contribution < 1.29 is 23.8 Å². The van der Waals surface area contributed by atoms with E-state index in [0.29, 0.717) is 46.1 Å². The van der Waals surface area contributed by atoms with Crippen LogP contribution in [0.4, 0.5) is 5.13 Å². The van der Waals surface area contributed by atoms with Crippen LogP contribution in [0, 0.1) is 0 Å². The van der Waals surface area contributed by atoms with Gasteiger partial charge in [0.05, 0.1) is 37.1 Å². The third-order valence-electron chi connectivity index (χ3n) is 4.11. The van der Waals surface area contributed by atoms with Crippen LogP contribution >= 0.6 is 22.9 Å². The molecular formula is C23H22ClN3O5S. The fraction of sp³-hybridized carbons (Fsp3) is 0.217. The minimum absolute atomic E-state index is 0.115. The highest BCUT2D eigenvalue weighted by Crippen LogP contribution is 2.29. The van der Waals surface area contributed by atoms with Gasteiger partial charge >= 0.3 is 11.9 Å². The number of hydrazone groups is 1. The Hall–Kier alpha value is -3.43. The van der Waals surface area contributed by atoms with E-state index in [1.807, 2.05) is 6.92 Å². The molecule has 0 saturated carbocycles. The first-order chi connectivity index (χ1) is 16.0. The number of hydrogen-bond acceptors (Lipinski definition) is 9. The van der Waals surface area contributed by atoms with E-state index in [4.69, 9.17) is 25.8 Å². The molecule has 0 aliphatic carbocycles. The van der Waals surface area contributed by atoms with Gasteiger partial charge in [0.2, 0.25) is 5.13 Å². The van der Waals surface area contributed by atoms with Crippen LogP contribution in [0.15, 0.2) is 52.9 Å². The average Bonchev–Trinajstić information content (AvgIpc) is 3.23. The van der Waals surface area contributed by atoms with E-state index in [2.05, 4.69) is 15.5 Å². The Balaban J connectivity index is 1.64. The Bertz CT molecular complexity index is 1130. The number of ether oxygens (including phenoxy) is 3. The average molecular weight is 488 g/mol. The topological polar surface area (TPSA) is 99.1 Å². The monoisotopic (exact) mass is 487 g/mol. The molecule has 2 aromatic carbocycles. The lowest BCUT2D eigenvalue weighted by Crippen LogP contribution is -2.09. The number of thiazole rings is 1. The van der Waals surface area contributed by atoms with E-state index in [1.165, 1.54) is 11.3 Å². The van der Waals surface area contributed by atoms with E-state index in [9.17, 15) is 9.59 Å². The summed E-state index contributed by atoms with van der Waals surface area (Å²) in [6.07, 6.45) is 1.70. The maximum absolute atomic E-state index is 12.4. The maximum Gasteiger partial charge on any atom is 0.343 e. The number of hydrogen-bond donors (Lipinski definition) is 1. The lowest BCUT2D eigenvalue weighted by molar-refractivity contribution is -0.142. The normalized spacial score (nSPS) is 10.8. The molecule has 1 N–H and O–H groups in total. The molecule has 1 aromatic heterocycles. The highest BCUT2D eigenvalue weighted by molar-refractivity contribution is 7.13. The third-order valence-corrected chi connectivity index (χ3v) is 5.15. The number of aromatic nitrogens is 1. The number of carbonyl (C=O) groups is 2. The van der Waals surface area contributed by atoms with Gasteiger partial charge in [0.15, 0.2) is 11.5 Å². The third kappa shape index (κ3) is 7.30. The predicted octanol–water partition coefficient (Wildman–Crippen LogP) is 4.97. The summed E-state index contributed by atoms with van der Waals surface area (Å²) in [6, 6.07) is 11.5. The molecule has 8 nitrogen and oxygen atoms in total. The largest absolute Gasteiger partial charge is 0.490 e. The van der Waals surface area contributed by atoms with Gasteiger partial charge in [-0.3, -0.25) is 10.2 Å². The van der Waals surface area contributed by atoms with E-state index in [0.717, 1.165) is 5.56 Å². The number of anilines is 1. The summed E-state index contributed by atoms with van der Waals surface area (Å²) in [6.45, 7) is 4.32. The molecular weight excluding hydrogens is 466 g/mol. The smallest absolute Gasteiger partial charge is 0.343 e. The second-order valence-corrected chi connectivity index (χ2v) is 7.83. The highest BCUT2D eigenvalue weighted by Gasteiger charge is 2.13. The van der Waals surface area contributed by atoms with Crippen LogP contribution in [0.25, 0.3) is 0 Å². The SMILES string of the molecule is CCOC(=O)Cc1csc(NN=Cc2ccc(OC(=O)c3ccc(Cl)cc3)c(OCC)c2)n1. The summed E-state index contributed by atoms with van der Waals surface area (Å²) in [5, 5.41) is 7.02. The molecule has 172 valence electrons. The van der Waals surface area contributed by atoms with E-state index in [-0.39, 0.29) is 12.4 Å². The Morgan fingerprint density at radius 2 is 1.91 bits per heavy atom. The van der Waals surface area contributed by atoms with Gasteiger partial charge in [-0.1, -0.05) is 11.6 Å². The van der Waals surface area contributed by atoms with Crippen molar-refractivity contribution in [2.75, 3.05) is 18.6 Å². The van der Waals surface area contributed by atoms with Crippen molar-refractivity contribution in [2.45, 2.75) is 20.3 Å². The lowest BCUT2D eigenvalue weighted by Gasteiger charge is -2.11. The molecule has 3 rings (SSSR count). The zero-order chi connectivity index (χ0) is 23.6. The molecule has 0 amide bonds. The van der Waals surface area contributed by atoms with Gasteiger partial charge in [0.25, 0.3) is 0 Å². The Morgan fingerprint density at radius 1 is 1.12 bits per heavy atom. The fourth-order valence-electron chi connectivity index (χ4n) is 2.66. The standard InChI is InChI=1S/C23H22ClN3O5S/c1-3-30-20-11-15(5-10-19(20)32-22(29)16-6-8-17(24)9-7-16)13-25-27-23-26-18(14-33-23)12-21(28)31-4-2/h5-11,13-14H,3-4,12H2,1-2H3,(H,26,27). The van der Waals surface area contributed by atoms with Gasteiger partial charge in [0.1, 0.15) is 0 Å². The number of nitrogens with one attached hydrogen (secondary N) is 1. The number of rotatable bonds is 10. The van der Waals surface area contributed by atoms with Gasteiger partial charge in [-0.05, 0) is 61.9 Å². The summed E-state index contributed by atoms with van der Waals surface area (Å²) in [5.74, 6) is -0.128. The van der Waals surface area contributed by atoms with E-state index >= 15 is 0 Å². The quantitative estimate of drug-likeness (QED) is 0.186. The maximum atomic E-state index is 12.4. The zero-order valence-electron chi connectivity index (χ0n) is 18.0. The molecule has 0 atom stereocenters. The Labute approximate surface area is 200 Å². The molecule has 0 saturated heterocycles. The summed E-state index contributed by atoms with van der Waals surface area (Å²) in [7, 11) is 0. The van der Waals surface area contributed by atoms with Crippen LogP contribution in [0.2, 0.25) is 5.02 Å². The summed E-state index contributed by atoms with van der Waals surface area (Å²) in [4.78, 5) is 28.2. The number of halogens is 1. The highest BCUT2D eigenvalue weighted by atomic mass is 35.5. The summed E-state index contributed by atoms with van der Waals surface area (Å²) < 4.78 is 16.0. The van der Waals surface area contributed by atoms with Gasteiger partial charge in [-0.25, -0.2) is 9.78 Å². The minimum Gasteiger partial charge on any atom is -0.490 e. The minimum atomic E-state index is -0.516. The molecule has 3 aromatic rings. The van der Waals surface area contributed by atoms with E-state index < -0.39 is 5.97 Å². The van der Waals surface area contributed by atoms with Crippen LogP contribution < -0.4 is 14.9 Å². The second-order valence-electron chi connectivity index (χ2n) is 6.53. The molecule has 0 aliphatic rings. The van der Waals surface area contributed by atoms with Crippen molar-refractivity contribution in [3.05, 3.63) is 69.7 Å². The Kier molecular flexibility index (Phi) is 8.79. The molecule has 0 fully saturated rings. The van der Waals surface area contributed by atoms with E-state index in [1.54, 1.807) is 61.0 Å². The molecule has 0 bridgehead atoms. The van der Waals surface area contributed by atoms with Crippen molar-refractivity contribution in [3.63, 3.8) is 0 Å². The Morgan fingerprint density at radius 3 is 2.64 bits per heavy atom. The first kappa shape index (κ1) is 24.2. The molecule has 0 spiro atoms. The molecule has 33 heavy (non-hydrogen) atoms. The number of carbonyl (C=O) groups excluding carboxylic acids is 2. The first-order valence-electron chi connectivity index (χ1n) is 10.1. The first-order valence-corrected chi connectivity index (χ1v) is 11.4. The van der Waals surface area contributed by atoms with Gasteiger partial charge < -0.3 is 14.2 Å². The van der Waals surface area contributed by atoms with Crippen LogP contribution in [0.5, 0.6) is 11.5 Å². The number of esters is 2. The predicted molar refractivity (Wildman–Crippen MR) is 128 cm³/mol. The zero-order valence-corrected chi connectivity index (χ0v) is 19.6. The molecule has 10 heteroatoms. The van der Waals surface area contributed by atoms with Crippen LogP contribution in [0.3, 0.4) is 0 Å². The van der Waals surface area contributed by atoms with Crippen LogP contribution in [0.1, 0.15) is 35.5 Å². The molecule has 0 radical (unpaired) electrons. The molecule has 0 unspecified atom stereocenters.